The summed E-state index contributed by atoms with van der Waals surface area (Å²) in [5.74, 6) is -0.786. The van der Waals surface area contributed by atoms with Crippen molar-refractivity contribution in [3.63, 3.8) is 0 Å². The molecule has 0 bridgehead atoms. The highest BCUT2D eigenvalue weighted by Gasteiger charge is 2.10. The zero-order chi connectivity index (χ0) is 11.1. The number of halogens is 1. The SMILES string of the molecule is CCCCOCC(=O)c1ccccc1F. The zero-order valence-electron chi connectivity index (χ0n) is 8.83. The van der Waals surface area contributed by atoms with E-state index < -0.39 is 5.82 Å². The summed E-state index contributed by atoms with van der Waals surface area (Å²) in [4.78, 5) is 11.5. The van der Waals surface area contributed by atoms with E-state index in [9.17, 15) is 9.18 Å². The van der Waals surface area contributed by atoms with Crippen LogP contribution in [-0.2, 0) is 4.74 Å². The van der Waals surface area contributed by atoms with E-state index in [4.69, 9.17) is 4.74 Å². The van der Waals surface area contributed by atoms with Crippen molar-refractivity contribution in [2.75, 3.05) is 13.2 Å². The summed E-state index contributed by atoms with van der Waals surface area (Å²) in [6.07, 6.45) is 1.94. The first-order valence-corrected chi connectivity index (χ1v) is 5.11. The third kappa shape index (κ3) is 3.80. The number of rotatable bonds is 6. The predicted molar refractivity (Wildman–Crippen MR) is 56.5 cm³/mol. The molecule has 0 spiro atoms. The number of ether oxygens (including phenoxy) is 1. The van der Waals surface area contributed by atoms with Crippen molar-refractivity contribution in [3.05, 3.63) is 35.6 Å². The molecule has 3 heteroatoms. The predicted octanol–water partition coefficient (Wildman–Crippen LogP) is 2.83. The van der Waals surface area contributed by atoms with Crippen molar-refractivity contribution in [2.24, 2.45) is 0 Å². The van der Waals surface area contributed by atoms with E-state index in [1.165, 1.54) is 12.1 Å². The second-order valence-electron chi connectivity index (χ2n) is 3.31. The van der Waals surface area contributed by atoms with Crippen molar-refractivity contribution in [3.8, 4) is 0 Å². The van der Waals surface area contributed by atoms with E-state index in [0.29, 0.717) is 6.61 Å². The van der Waals surface area contributed by atoms with Crippen LogP contribution in [0.15, 0.2) is 24.3 Å². The highest BCUT2D eigenvalue weighted by Crippen LogP contribution is 2.07. The van der Waals surface area contributed by atoms with Gasteiger partial charge in [-0.15, -0.1) is 0 Å². The number of hydrogen-bond acceptors (Lipinski definition) is 2. The van der Waals surface area contributed by atoms with E-state index in [-0.39, 0.29) is 18.0 Å². The van der Waals surface area contributed by atoms with Gasteiger partial charge in [0.25, 0.3) is 0 Å². The van der Waals surface area contributed by atoms with Crippen LogP contribution in [0.1, 0.15) is 30.1 Å². The average Bonchev–Trinajstić information content (AvgIpc) is 2.25. The zero-order valence-corrected chi connectivity index (χ0v) is 8.83. The number of ketones is 1. The van der Waals surface area contributed by atoms with Crippen LogP contribution < -0.4 is 0 Å². The molecule has 0 amide bonds. The van der Waals surface area contributed by atoms with E-state index in [0.717, 1.165) is 12.8 Å². The molecule has 1 aromatic carbocycles. The normalized spacial score (nSPS) is 10.3. The maximum atomic E-state index is 13.1. The van der Waals surface area contributed by atoms with Gasteiger partial charge >= 0.3 is 0 Å². The van der Waals surface area contributed by atoms with Gasteiger partial charge in [-0.1, -0.05) is 25.5 Å². The highest BCUT2D eigenvalue weighted by atomic mass is 19.1. The molecule has 0 fully saturated rings. The fraction of sp³-hybridized carbons (Fsp3) is 0.417. The summed E-state index contributed by atoms with van der Waals surface area (Å²) in [6.45, 7) is 2.56. The lowest BCUT2D eigenvalue weighted by Crippen LogP contribution is -2.11. The second-order valence-corrected chi connectivity index (χ2v) is 3.31. The molecule has 82 valence electrons. The van der Waals surface area contributed by atoms with Gasteiger partial charge in [-0.05, 0) is 18.6 Å². The Bertz CT molecular complexity index is 323. The summed E-state index contributed by atoms with van der Waals surface area (Å²) in [5, 5.41) is 0. The Kier molecular flexibility index (Phi) is 4.98. The molecule has 0 saturated carbocycles. The molecule has 2 nitrogen and oxygen atoms in total. The summed E-state index contributed by atoms with van der Waals surface area (Å²) >= 11 is 0. The van der Waals surface area contributed by atoms with Gasteiger partial charge in [-0.2, -0.15) is 0 Å². The standard InChI is InChI=1S/C12H15FO2/c1-2-3-8-15-9-12(14)10-6-4-5-7-11(10)13/h4-7H,2-3,8-9H2,1H3. The first kappa shape index (κ1) is 11.9. The van der Waals surface area contributed by atoms with Crippen LogP contribution in [0, 0.1) is 5.82 Å². The molecule has 0 saturated heterocycles. The molecule has 0 unspecified atom stereocenters. The Morgan fingerprint density at radius 2 is 2.13 bits per heavy atom. The Hall–Kier alpha value is -1.22. The second kappa shape index (κ2) is 6.30. The van der Waals surface area contributed by atoms with Gasteiger partial charge in [0, 0.05) is 6.61 Å². The van der Waals surface area contributed by atoms with E-state index in [1.807, 2.05) is 6.92 Å². The van der Waals surface area contributed by atoms with Crippen LogP contribution in [0.25, 0.3) is 0 Å². The summed E-state index contributed by atoms with van der Waals surface area (Å²) in [7, 11) is 0. The minimum absolute atomic E-state index is 0.0407. The van der Waals surface area contributed by atoms with Gasteiger partial charge in [0.05, 0.1) is 5.56 Å². The molecule has 0 aliphatic carbocycles. The molecule has 15 heavy (non-hydrogen) atoms. The number of benzene rings is 1. The molecule has 0 aliphatic heterocycles. The van der Waals surface area contributed by atoms with Gasteiger partial charge in [-0.25, -0.2) is 4.39 Å². The summed E-state index contributed by atoms with van der Waals surface area (Å²) in [6, 6.07) is 5.95. The molecule has 1 rings (SSSR count). The van der Waals surface area contributed by atoms with Crippen molar-refractivity contribution in [1.82, 2.24) is 0 Å². The number of carbonyl (C=O) groups excluding carboxylic acids is 1. The van der Waals surface area contributed by atoms with Crippen LogP contribution in [0.4, 0.5) is 4.39 Å². The van der Waals surface area contributed by atoms with Gasteiger partial charge in [-0.3, -0.25) is 4.79 Å². The van der Waals surface area contributed by atoms with Crippen LogP contribution in [0.3, 0.4) is 0 Å². The Morgan fingerprint density at radius 1 is 1.40 bits per heavy atom. The molecule has 0 atom stereocenters. The smallest absolute Gasteiger partial charge is 0.191 e. The van der Waals surface area contributed by atoms with Crippen LogP contribution in [0.2, 0.25) is 0 Å². The highest BCUT2D eigenvalue weighted by molar-refractivity contribution is 5.97. The number of unbranched alkanes of at least 4 members (excludes halogenated alkanes) is 1. The molecule has 0 aliphatic rings. The van der Waals surface area contributed by atoms with Crippen molar-refractivity contribution in [2.45, 2.75) is 19.8 Å². The van der Waals surface area contributed by atoms with E-state index in [2.05, 4.69) is 0 Å². The van der Waals surface area contributed by atoms with E-state index in [1.54, 1.807) is 12.1 Å². The topological polar surface area (TPSA) is 26.3 Å². The Morgan fingerprint density at radius 3 is 2.80 bits per heavy atom. The van der Waals surface area contributed by atoms with Crippen LogP contribution in [-0.4, -0.2) is 19.0 Å². The lowest BCUT2D eigenvalue weighted by molar-refractivity contribution is 0.0750. The Labute approximate surface area is 89.1 Å². The lowest BCUT2D eigenvalue weighted by Gasteiger charge is -2.03. The maximum Gasteiger partial charge on any atom is 0.191 e. The minimum atomic E-state index is -0.485. The van der Waals surface area contributed by atoms with Gasteiger partial charge < -0.3 is 4.74 Å². The van der Waals surface area contributed by atoms with Crippen LogP contribution in [0.5, 0.6) is 0 Å². The first-order valence-electron chi connectivity index (χ1n) is 5.11. The van der Waals surface area contributed by atoms with Crippen molar-refractivity contribution >= 4 is 5.78 Å². The van der Waals surface area contributed by atoms with Crippen molar-refractivity contribution < 1.29 is 13.9 Å². The number of carbonyl (C=O) groups is 1. The molecule has 0 N–H and O–H groups in total. The first-order chi connectivity index (χ1) is 7.25. The average molecular weight is 210 g/mol. The van der Waals surface area contributed by atoms with Gasteiger partial charge in [0.15, 0.2) is 5.78 Å². The molecular formula is C12H15FO2. The van der Waals surface area contributed by atoms with Gasteiger partial charge in [0.1, 0.15) is 12.4 Å². The molecule has 0 aromatic heterocycles. The fourth-order valence-corrected chi connectivity index (χ4v) is 1.18. The number of Topliss-reactive ketones (excluding diaryl/α,β-unsaturated/α-hetero) is 1. The third-order valence-corrected chi connectivity index (χ3v) is 2.05. The molecule has 0 heterocycles. The Balaban J connectivity index is 2.44. The van der Waals surface area contributed by atoms with E-state index >= 15 is 0 Å². The fourth-order valence-electron chi connectivity index (χ4n) is 1.18. The molecule has 1 aromatic rings. The monoisotopic (exact) mass is 210 g/mol. The number of hydrogen-bond donors (Lipinski definition) is 0. The molecule has 0 radical (unpaired) electrons. The quantitative estimate of drug-likeness (QED) is 0.533. The maximum absolute atomic E-state index is 13.1. The van der Waals surface area contributed by atoms with Crippen LogP contribution >= 0.6 is 0 Å². The summed E-state index contributed by atoms with van der Waals surface area (Å²) < 4.78 is 18.3. The largest absolute Gasteiger partial charge is 0.373 e. The third-order valence-electron chi connectivity index (χ3n) is 2.05. The summed E-state index contributed by atoms with van der Waals surface area (Å²) in [5.41, 5.74) is 0.106. The lowest BCUT2D eigenvalue weighted by atomic mass is 10.1. The minimum Gasteiger partial charge on any atom is -0.373 e. The van der Waals surface area contributed by atoms with Gasteiger partial charge in [0.2, 0.25) is 0 Å². The molecular weight excluding hydrogens is 195 g/mol. The van der Waals surface area contributed by atoms with Crippen molar-refractivity contribution in [1.29, 1.82) is 0 Å².